The standard InChI is InChI=1S/C12H23NO2S/c1-9(14)13-7-8-15-10(12(2,3)4)11(13)16(5)6/h16H,7-8H2,1-6H3. The maximum absolute atomic E-state index is 11.6. The summed E-state index contributed by atoms with van der Waals surface area (Å²) in [5.41, 5.74) is -0.0317. The first-order valence-electron chi connectivity index (χ1n) is 5.58. The molecule has 94 valence electrons. The Morgan fingerprint density at radius 2 is 1.94 bits per heavy atom. The van der Waals surface area contributed by atoms with Gasteiger partial charge in [0.05, 0.1) is 11.6 Å². The third-order valence-corrected chi connectivity index (χ3v) is 3.80. The fourth-order valence-electron chi connectivity index (χ4n) is 1.84. The molecule has 0 aromatic rings. The van der Waals surface area contributed by atoms with Crippen molar-refractivity contribution in [3.63, 3.8) is 0 Å². The van der Waals surface area contributed by atoms with E-state index in [2.05, 4.69) is 33.3 Å². The summed E-state index contributed by atoms with van der Waals surface area (Å²) in [4.78, 5) is 13.5. The maximum atomic E-state index is 11.6. The number of carbonyl (C=O) groups is 1. The quantitative estimate of drug-likeness (QED) is 0.719. The van der Waals surface area contributed by atoms with Crippen LogP contribution in [-0.2, 0) is 9.53 Å². The molecule has 0 spiro atoms. The Morgan fingerprint density at radius 3 is 2.31 bits per heavy atom. The van der Waals surface area contributed by atoms with Crippen molar-refractivity contribution in [2.75, 3.05) is 25.7 Å². The van der Waals surface area contributed by atoms with Crippen molar-refractivity contribution >= 4 is 16.8 Å². The molecule has 1 heterocycles. The highest BCUT2D eigenvalue weighted by Gasteiger charge is 2.32. The number of ether oxygens (including phenoxy) is 1. The van der Waals surface area contributed by atoms with Crippen LogP contribution in [0.25, 0.3) is 0 Å². The van der Waals surface area contributed by atoms with Crippen LogP contribution in [0.2, 0.25) is 0 Å². The highest BCUT2D eigenvalue weighted by Crippen LogP contribution is 2.42. The second kappa shape index (κ2) is 4.70. The van der Waals surface area contributed by atoms with Crippen molar-refractivity contribution in [3.05, 3.63) is 10.8 Å². The van der Waals surface area contributed by atoms with Gasteiger partial charge in [-0.2, -0.15) is 0 Å². The zero-order valence-electron chi connectivity index (χ0n) is 11.1. The van der Waals surface area contributed by atoms with Gasteiger partial charge in [-0.1, -0.05) is 20.8 Å². The van der Waals surface area contributed by atoms with Crippen molar-refractivity contribution in [2.24, 2.45) is 5.41 Å². The van der Waals surface area contributed by atoms with E-state index in [9.17, 15) is 4.79 Å². The first-order valence-corrected chi connectivity index (χ1v) is 7.81. The molecular weight excluding hydrogens is 222 g/mol. The summed E-state index contributed by atoms with van der Waals surface area (Å²) in [6, 6.07) is 0. The van der Waals surface area contributed by atoms with Gasteiger partial charge >= 0.3 is 0 Å². The Kier molecular flexibility index (Phi) is 3.94. The van der Waals surface area contributed by atoms with Gasteiger partial charge in [-0.3, -0.25) is 4.79 Å². The van der Waals surface area contributed by atoms with Crippen LogP contribution in [0, 0.1) is 5.41 Å². The topological polar surface area (TPSA) is 29.5 Å². The minimum Gasteiger partial charge on any atom is -0.493 e. The van der Waals surface area contributed by atoms with E-state index in [1.165, 1.54) is 0 Å². The molecule has 0 saturated heterocycles. The summed E-state index contributed by atoms with van der Waals surface area (Å²) in [5, 5.41) is 1.11. The average Bonchev–Trinajstić information content (AvgIpc) is 2.14. The van der Waals surface area contributed by atoms with Gasteiger partial charge in [-0.05, 0) is 12.5 Å². The van der Waals surface area contributed by atoms with Gasteiger partial charge in [-0.25, -0.2) is 10.9 Å². The molecule has 0 unspecified atom stereocenters. The van der Waals surface area contributed by atoms with E-state index in [-0.39, 0.29) is 22.2 Å². The van der Waals surface area contributed by atoms with E-state index in [0.29, 0.717) is 13.2 Å². The Bertz CT molecular complexity index is 315. The molecular formula is C12H23NO2S. The highest BCUT2D eigenvalue weighted by molar-refractivity contribution is 8.19. The smallest absolute Gasteiger partial charge is 0.224 e. The van der Waals surface area contributed by atoms with E-state index >= 15 is 0 Å². The molecule has 4 heteroatoms. The van der Waals surface area contributed by atoms with Gasteiger partial charge in [0, 0.05) is 12.3 Å². The molecule has 0 N–H and O–H groups in total. The van der Waals surface area contributed by atoms with Crippen molar-refractivity contribution in [1.29, 1.82) is 0 Å². The highest BCUT2D eigenvalue weighted by atomic mass is 32.2. The predicted octanol–water partition coefficient (Wildman–Crippen LogP) is 2.34. The van der Waals surface area contributed by atoms with Gasteiger partial charge in [-0.15, -0.1) is 0 Å². The number of nitrogens with zero attached hydrogens (tertiary/aromatic N) is 1. The van der Waals surface area contributed by atoms with Gasteiger partial charge in [0.1, 0.15) is 12.4 Å². The largest absolute Gasteiger partial charge is 0.493 e. The molecule has 0 bridgehead atoms. The monoisotopic (exact) mass is 245 g/mol. The first-order chi connectivity index (χ1) is 7.25. The molecule has 1 rings (SSSR count). The van der Waals surface area contributed by atoms with Crippen LogP contribution < -0.4 is 0 Å². The van der Waals surface area contributed by atoms with Crippen molar-refractivity contribution < 1.29 is 9.53 Å². The lowest BCUT2D eigenvalue weighted by Crippen LogP contribution is -2.38. The van der Waals surface area contributed by atoms with E-state index in [0.717, 1.165) is 10.8 Å². The number of hydrogen-bond donors (Lipinski definition) is 1. The molecule has 0 fully saturated rings. The van der Waals surface area contributed by atoms with E-state index in [1.807, 2.05) is 4.90 Å². The molecule has 0 aliphatic carbocycles. The summed E-state index contributed by atoms with van der Waals surface area (Å²) in [6.45, 7) is 9.31. The van der Waals surface area contributed by atoms with Crippen molar-refractivity contribution in [3.8, 4) is 0 Å². The SMILES string of the molecule is CC(=O)N1CCOC(C(C)(C)C)=C1[SH](C)C. The van der Waals surface area contributed by atoms with Gasteiger partial charge in [0.2, 0.25) is 5.91 Å². The van der Waals surface area contributed by atoms with Gasteiger partial charge < -0.3 is 9.64 Å². The Balaban J connectivity index is 3.23. The number of thiol groups is 1. The first kappa shape index (κ1) is 13.4. The Labute approximate surface area is 101 Å². The summed E-state index contributed by atoms with van der Waals surface area (Å²) >= 11 is 0. The fourth-order valence-corrected chi connectivity index (χ4v) is 3.36. The number of carbonyl (C=O) groups excluding carboxylic acids is 1. The van der Waals surface area contributed by atoms with Crippen LogP contribution in [0.4, 0.5) is 0 Å². The van der Waals surface area contributed by atoms with Crippen LogP contribution in [0.1, 0.15) is 27.7 Å². The average molecular weight is 245 g/mol. The summed E-state index contributed by atoms with van der Waals surface area (Å²) in [7, 11) is -0.334. The predicted molar refractivity (Wildman–Crippen MR) is 70.7 cm³/mol. The molecule has 0 aromatic heterocycles. The second-order valence-corrected chi connectivity index (χ2v) is 7.53. The molecule has 0 saturated carbocycles. The fraction of sp³-hybridized carbons (Fsp3) is 0.750. The number of allylic oxidation sites excluding steroid dienone is 1. The van der Waals surface area contributed by atoms with Crippen LogP contribution >= 0.6 is 10.9 Å². The third kappa shape index (κ3) is 2.73. The molecule has 1 aliphatic heterocycles. The molecule has 1 amide bonds. The molecule has 16 heavy (non-hydrogen) atoms. The molecule has 0 atom stereocenters. The zero-order valence-corrected chi connectivity index (χ0v) is 12.0. The van der Waals surface area contributed by atoms with Crippen LogP contribution in [0.3, 0.4) is 0 Å². The molecule has 0 aromatic carbocycles. The molecule has 0 radical (unpaired) electrons. The Morgan fingerprint density at radius 1 is 1.38 bits per heavy atom. The van der Waals surface area contributed by atoms with Crippen LogP contribution in [0.15, 0.2) is 10.8 Å². The normalized spacial score (nSPS) is 18.4. The summed E-state index contributed by atoms with van der Waals surface area (Å²) < 4.78 is 5.80. The van der Waals surface area contributed by atoms with Crippen LogP contribution in [-0.4, -0.2) is 36.5 Å². The summed E-state index contributed by atoms with van der Waals surface area (Å²) in [5.74, 6) is 1.11. The van der Waals surface area contributed by atoms with E-state index in [1.54, 1.807) is 6.92 Å². The maximum Gasteiger partial charge on any atom is 0.224 e. The number of rotatable bonds is 1. The number of amides is 1. The van der Waals surface area contributed by atoms with Gasteiger partial charge in [0.15, 0.2) is 0 Å². The van der Waals surface area contributed by atoms with Gasteiger partial charge in [0.25, 0.3) is 0 Å². The minimum atomic E-state index is -0.334. The van der Waals surface area contributed by atoms with Crippen molar-refractivity contribution in [1.82, 2.24) is 4.90 Å². The molecule has 1 aliphatic rings. The summed E-state index contributed by atoms with van der Waals surface area (Å²) in [6.07, 6.45) is 4.34. The van der Waals surface area contributed by atoms with E-state index < -0.39 is 0 Å². The minimum absolute atomic E-state index is 0.0317. The lowest BCUT2D eigenvalue weighted by Gasteiger charge is -2.39. The third-order valence-electron chi connectivity index (χ3n) is 2.50. The van der Waals surface area contributed by atoms with Crippen LogP contribution in [0.5, 0.6) is 0 Å². The Hall–Kier alpha value is -0.640. The van der Waals surface area contributed by atoms with E-state index in [4.69, 9.17) is 4.74 Å². The number of hydrogen-bond acceptors (Lipinski definition) is 2. The lowest BCUT2D eigenvalue weighted by atomic mass is 9.93. The lowest BCUT2D eigenvalue weighted by molar-refractivity contribution is -0.128. The molecule has 3 nitrogen and oxygen atoms in total. The zero-order chi connectivity index (χ0) is 12.5. The second-order valence-electron chi connectivity index (χ2n) is 5.32. The van der Waals surface area contributed by atoms with Crippen molar-refractivity contribution in [2.45, 2.75) is 27.7 Å².